The quantitative estimate of drug-likeness (QED) is 0.472. The number of sulfonamides is 1. The lowest BCUT2D eigenvalue weighted by Gasteiger charge is -2.08. The predicted octanol–water partition coefficient (Wildman–Crippen LogP) is 2.77. The summed E-state index contributed by atoms with van der Waals surface area (Å²) in [5.41, 5.74) is 0.914. The molecule has 0 fully saturated rings. The Bertz CT molecular complexity index is 1030. The van der Waals surface area contributed by atoms with Crippen molar-refractivity contribution in [3.8, 4) is 0 Å². The number of para-hydroxylation sites is 1. The number of thiazole rings is 1. The minimum atomic E-state index is -3.74. The van der Waals surface area contributed by atoms with E-state index in [9.17, 15) is 18.5 Å². The summed E-state index contributed by atoms with van der Waals surface area (Å²) in [5, 5.41) is 15.2. The fourth-order valence-electron chi connectivity index (χ4n) is 2.43. The molecule has 8 nitrogen and oxygen atoms in total. The second-order valence-electron chi connectivity index (χ2n) is 5.40. The second kappa shape index (κ2) is 7.36. The number of nitrogens with one attached hydrogen (secondary N) is 2. The summed E-state index contributed by atoms with van der Waals surface area (Å²) in [6.07, 6.45) is 0.604. The van der Waals surface area contributed by atoms with E-state index in [1.54, 1.807) is 11.3 Å². The number of hydrogen-bond donors (Lipinski definition) is 2. The van der Waals surface area contributed by atoms with E-state index >= 15 is 0 Å². The Balaban J connectivity index is 1.75. The van der Waals surface area contributed by atoms with Crippen LogP contribution >= 0.6 is 11.3 Å². The number of nitro benzene ring substituents is 1. The van der Waals surface area contributed by atoms with Crippen molar-refractivity contribution in [1.29, 1.82) is 0 Å². The molecular formula is C16H16N4O4S2. The van der Waals surface area contributed by atoms with Gasteiger partial charge >= 0.3 is 0 Å². The number of aromatic nitrogens is 1. The molecule has 0 aliphatic rings. The van der Waals surface area contributed by atoms with Crippen molar-refractivity contribution in [2.75, 3.05) is 18.9 Å². The molecule has 2 N–H and O–H groups in total. The fourth-order valence-corrected chi connectivity index (χ4v) is 4.14. The van der Waals surface area contributed by atoms with Crippen LogP contribution in [0.15, 0.2) is 47.4 Å². The minimum absolute atomic E-state index is 0.150. The number of fused-ring (bicyclic) bond motifs is 1. The molecule has 0 saturated carbocycles. The number of benzene rings is 2. The van der Waals surface area contributed by atoms with Crippen LogP contribution in [0.5, 0.6) is 0 Å². The molecule has 0 atom stereocenters. The highest BCUT2D eigenvalue weighted by Gasteiger charge is 2.20. The van der Waals surface area contributed by atoms with E-state index in [0.717, 1.165) is 21.3 Å². The van der Waals surface area contributed by atoms with Crippen LogP contribution in [0.4, 0.5) is 11.4 Å². The van der Waals surface area contributed by atoms with Gasteiger partial charge in [-0.15, -0.1) is 11.3 Å². The number of hydrogen-bond acceptors (Lipinski definition) is 7. The second-order valence-corrected chi connectivity index (χ2v) is 8.40. The van der Waals surface area contributed by atoms with Gasteiger partial charge in [0, 0.05) is 19.0 Å². The molecule has 0 radical (unpaired) electrons. The van der Waals surface area contributed by atoms with Crippen LogP contribution in [0, 0.1) is 10.1 Å². The van der Waals surface area contributed by atoms with E-state index in [0.29, 0.717) is 13.0 Å². The van der Waals surface area contributed by atoms with Gasteiger partial charge in [-0.25, -0.2) is 18.1 Å². The van der Waals surface area contributed by atoms with E-state index in [4.69, 9.17) is 0 Å². The zero-order chi connectivity index (χ0) is 18.7. The Hall–Kier alpha value is -2.56. The van der Waals surface area contributed by atoms with Crippen LogP contribution in [0.1, 0.15) is 5.01 Å². The highest BCUT2D eigenvalue weighted by atomic mass is 32.2. The van der Waals surface area contributed by atoms with Gasteiger partial charge in [-0.1, -0.05) is 12.1 Å². The molecule has 1 heterocycles. The maximum absolute atomic E-state index is 11.8. The lowest BCUT2D eigenvalue weighted by atomic mass is 10.2. The Morgan fingerprint density at radius 1 is 1.23 bits per heavy atom. The van der Waals surface area contributed by atoms with Crippen LogP contribution in [0.25, 0.3) is 10.2 Å². The first kappa shape index (κ1) is 18.2. The summed E-state index contributed by atoms with van der Waals surface area (Å²) >= 11 is 1.58. The molecule has 2 aromatic carbocycles. The summed E-state index contributed by atoms with van der Waals surface area (Å²) in [7, 11) is -2.48. The first-order valence-electron chi connectivity index (χ1n) is 7.71. The van der Waals surface area contributed by atoms with Crippen LogP contribution < -0.4 is 10.0 Å². The summed E-state index contributed by atoms with van der Waals surface area (Å²) < 4.78 is 26.9. The van der Waals surface area contributed by atoms with Gasteiger partial charge in [-0.2, -0.15) is 0 Å². The van der Waals surface area contributed by atoms with Crippen molar-refractivity contribution in [2.24, 2.45) is 0 Å². The zero-order valence-corrected chi connectivity index (χ0v) is 15.4. The van der Waals surface area contributed by atoms with Crippen molar-refractivity contribution < 1.29 is 13.3 Å². The maximum atomic E-state index is 11.8. The smallest absolute Gasteiger partial charge is 0.293 e. The molecule has 0 amide bonds. The monoisotopic (exact) mass is 392 g/mol. The van der Waals surface area contributed by atoms with E-state index in [-0.39, 0.29) is 16.3 Å². The lowest BCUT2D eigenvalue weighted by Crippen LogP contribution is -2.19. The Morgan fingerprint density at radius 2 is 2.00 bits per heavy atom. The Labute approximate surface area is 154 Å². The molecule has 26 heavy (non-hydrogen) atoms. The van der Waals surface area contributed by atoms with Crippen molar-refractivity contribution in [2.45, 2.75) is 11.3 Å². The largest absolute Gasteiger partial charge is 0.379 e. The molecule has 0 bridgehead atoms. The molecule has 0 aliphatic heterocycles. The van der Waals surface area contributed by atoms with Crippen molar-refractivity contribution in [3.05, 3.63) is 57.6 Å². The van der Waals surface area contributed by atoms with Crippen molar-refractivity contribution >= 4 is 43.0 Å². The topological polar surface area (TPSA) is 114 Å². The highest BCUT2D eigenvalue weighted by Crippen LogP contribution is 2.28. The van der Waals surface area contributed by atoms with E-state index in [1.165, 1.54) is 19.2 Å². The Morgan fingerprint density at radius 3 is 2.69 bits per heavy atom. The standard InChI is InChI=1S/C16H16N4O4S2/c1-17-26(23,24)11-6-7-12(14(10-11)20(21)22)18-9-8-16-19-13-4-2-3-5-15(13)25-16/h2-7,10,17-18H,8-9H2,1H3. The molecular weight excluding hydrogens is 376 g/mol. The van der Waals surface area contributed by atoms with E-state index in [1.807, 2.05) is 24.3 Å². The van der Waals surface area contributed by atoms with Gasteiger partial charge in [0.25, 0.3) is 5.69 Å². The van der Waals surface area contributed by atoms with Gasteiger partial charge in [-0.3, -0.25) is 10.1 Å². The van der Waals surface area contributed by atoms with Crippen LogP contribution in [0.2, 0.25) is 0 Å². The minimum Gasteiger partial charge on any atom is -0.379 e. The third-order valence-electron chi connectivity index (χ3n) is 3.74. The highest BCUT2D eigenvalue weighted by molar-refractivity contribution is 7.89. The van der Waals surface area contributed by atoms with Gasteiger partial charge in [0.2, 0.25) is 10.0 Å². The predicted molar refractivity (Wildman–Crippen MR) is 101 cm³/mol. The first-order valence-corrected chi connectivity index (χ1v) is 10.0. The maximum Gasteiger partial charge on any atom is 0.293 e. The van der Waals surface area contributed by atoms with Gasteiger partial charge in [0.05, 0.1) is 25.0 Å². The van der Waals surface area contributed by atoms with Gasteiger partial charge in [-0.05, 0) is 31.3 Å². The molecule has 0 saturated heterocycles. The van der Waals surface area contributed by atoms with Crippen molar-refractivity contribution in [1.82, 2.24) is 9.71 Å². The summed E-state index contributed by atoms with van der Waals surface area (Å²) in [6, 6.07) is 11.6. The van der Waals surface area contributed by atoms with Gasteiger partial charge in [0.1, 0.15) is 5.69 Å². The van der Waals surface area contributed by atoms with Crippen LogP contribution in [0.3, 0.4) is 0 Å². The number of rotatable bonds is 7. The molecule has 10 heteroatoms. The summed E-state index contributed by atoms with van der Waals surface area (Å²) in [4.78, 5) is 15.0. The lowest BCUT2D eigenvalue weighted by molar-refractivity contribution is -0.384. The molecule has 0 aliphatic carbocycles. The zero-order valence-electron chi connectivity index (χ0n) is 13.8. The number of anilines is 1. The molecule has 3 rings (SSSR count). The van der Waals surface area contributed by atoms with Gasteiger partial charge < -0.3 is 5.32 Å². The number of nitrogens with zero attached hydrogens (tertiary/aromatic N) is 2. The SMILES string of the molecule is CNS(=O)(=O)c1ccc(NCCc2nc3ccccc3s2)c([N+](=O)[O-])c1. The van der Waals surface area contributed by atoms with E-state index in [2.05, 4.69) is 15.0 Å². The molecule has 1 aromatic heterocycles. The molecule has 0 spiro atoms. The van der Waals surface area contributed by atoms with Crippen LogP contribution in [-0.4, -0.2) is 31.9 Å². The normalized spacial score (nSPS) is 11.6. The van der Waals surface area contributed by atoms with Crippen molar-refractivity contribution in [3.63, 3.8) is 0 Å². The molecule has 3 aromatic rings. The van der Waals surface area contributed by atoms with Crippen LogP contribution in [-0.2, 0) is 16.4 Å². The third kappa shape index (κ3) is 3.82. The summed E-state index contributed by atoms with van der Waals surface area (Å²) in [6.45, 7) is 0.443. The van der Waals surface area contributed by atoms with Gasteiger partial charge in [0.15, 0.2) is 0 Å². The first-order chi connectivity index (χ1) is 12.4. The molecule has 136 valence electrons. The fraction of sp³-hybridized carbons (Fsp3) is 0.188. The number of nitro groups is 1. The third-order valence-corrected chi connectivity index (χ3v) is 6.25. The Kier molecular flexibility index (Phi) is 5.16. The summed E-state index contributed by atoms with van der Waals surface area (Å²) in [5.74, 6) is 0. The van der Waals surface area contributed by atoms with E-state index < -0.39 is 14.9 Å². The molecule has 0 unspecified atom stereocenters. The average Bonchev–Trinajstić information content (AvgIpc) is 3.04. The average molecular weight is 392 g/mol.